The first-order valence-electron chi connectivity index (χ1n) is 5.79. The normalized spacial score (nSPS) is 12.6. The number of carbonyl (C=O) groups excluding carboxylic acids is 1. The molecule has 1 aromatic rings. The summed E-state index contributed by atoms with van der Waals surface area (Å²) in [4.78, 5) is 12.2. The van der Waals surface area contributed by atoms with Gasteiger partial charge in [0.1, 0.15) is 0 Å². The number of ketones is 1. The molecule has 1 rings (SSSR count). The van der Waals surface area contributed by atoms with Crippen LogP contribution in [0.15, 0.2) is 12.1 Å². The smallest absolute Gasteiger partial charge is 0.165 e. The molecule has 0 spiro atoms. The summed E-state index contributed by atoms with van der Waals surface area (Å²) in [6, 6.07) is 4.08. The van der Waals surface area contributed by atoms with E-state index < -0.39 is 0 Å². The second kappa shape index (κ2) is 5.26. The van der Waals surface area contributed by atoms with E-state index >= 15 is 0 Å². The van der Waals surface area contributed by atoms with Gasteiger partial charge in [0, 0.05) is 11.5 Å². The predicted octanol–water partition coefficient (Wildman–Crippen LogP) is 2.78. The molecule has 0 saturated carbocycles. The van der Waals surface area contributed by atoms with Crippen LogP contribution in [0.25, 0.3) is 0 Å². The van der Waals surface area contributed by atoms with Crippen molar-refractivity contribution in [2.24, 2.45) is 11.7 Å². The summed E-state index contributed by atoms with van der Waals surface area (Å²) in [6.07, 6.45) is 0.755. The molecule has 1 atom stereocenters. The van der Waals surface area contributed by atoms with E-state index in [4.69, 9.17) is 5.73 Å². The molecular weight excluding hydrogens is 198 g/mol. The molecule has 0 aliphatic rings. The van der Waals surface area contributed by atoms with Crippen LogP contribution in [-0.2, 0) is 0 Å². The third kappa shape index (κ3) is 2.70. The summed E-state index contributed by atoms with van der Waals surface area (Å²) in [6.45, 7) is 8.62. The quantitative estimate of drug-likeness (QED) is 0.791. The second-order valence-electron chi connectivity index (χ2n) is 4.59. The molecule has 0 amide bonds. The van der Waals surface area contributed by atoms with Crippen molar-refractivity contribution in [1.29, 1.82) is 0 Å². The van der Waals surface area contributed by atoms with Crippen molar-refractivity contribution in [2.75, 3.05) is 6.54 Å². The minimum absolute atomic E-state index is 0.0193. The Kier molecular flexibility index (Phi) is 4.25. The van der Waals surface area contributed by atoms with Gasteiger partial charge in [-0.2, -0.15) is 0 Å². The first-order valence-corrected chi connectivity index (χ1v) is 5.79. The van der Waals surface area contributed by atoms with E-state index in [1.807, 2.05) is 26.8 Å². The molecule has 0 aliphatic carbocycles. The van der Waals surface area contributed by atoms with E-state index in [2.05, 4.69) is 13.0 Å². The molecule has 0 heterocycles. The van der Waals surface area contributed by atoms with Gasteiger partial charge in [0.25, 0.3) is 0 Å². The van der Waals surface area contributed by atoms with Gasteiger partial charge in [-0.3, -0.25) is 4.79 Å². The van der Waals surface area contributed by atoms with Gasteiger partial charge in [0.2, 0.25) is 0 Å². The van der Waals surface area contributed by atoms with Gasteiger partial charge in [-0.05, 0) is 56.5 Å². The number of carbonyl (C=O) groups is 1. The monoisotopic (exact) mass is 219 g/mol. The maximum atomic E-state index is 12.2. The average Bonchev–Trinajstić information content (AvgIpc) is 2.23. The van der Waals surface area contributed by atoms with Gasteiger partial charge in [-0.1, -0.05) is 13.0 Å². The van der Waals surface area contributed by atoms with Crippen molar-refractivity contribution in [3.8, 4) is 0 Å². The fourth-order valence-electron chi connectivity index (χ4n) is 1.87. The summed E-state index contributed by atoms with van der Waals surface area (Å²) < 4.78 is 0. The largest absolute Gasteiger partial charge is 0.330 e. The summed E-state index contributed by atoms with van der Waals surface area (Å²) in [7, 11) is 0. The molecule has 2 N–H and O–H groups in total. The van der Waals surface area contributed by atoms with Crippen LogP contribution in [0, 0.1) is 26.7 Å². The van der Waals surface area contributed by atoms with Crippen molar-refractivity contribution in [1.82, 2.24) is 0 Å². The fraction of sp³-hybridized carbons (Fsp3) is 0.500. The van der Waals surface area contributed by atoms with Gasteiger partial charge in [0.05, 0.1) is 0 Å². The lowest BCUT2D eigenvalue weighted by Crippen LogP contribution is -2.17. The van der Waals surface area contributed by atoms with Crippen LogP contribution in [0.5, 0.6) is 0 Å². The van der Waals surface area contributed by atoms with Crippen LogP contribution < -0.4 is 5.73 Å². The van der Waals surface area contributed by atoms with Gasteiger partial charge in [-0.25, -0.2) is 0 Å². The summed E-state index contributed by atoms with van der Waals surface area (Å²) in [5.41, 5.74) is 9.81. The van der Waals surface area contributed by atoms with E-state index in [9.17, 15) is 4.79 Å². The van der Waals surface area contributed by atoms with Crippen molar-refractivity contribution in [2.45, 2.75) is 34.1 Å². The van der Waals surface area contributed by atoms with E-state index in [1.165, 1.54) is 11.1 Å². The predicted molar refractivity (Wildman–Crippen MR) is 67.8 cm³/mol. The number of rotatable bonds is 4. The number of Topliss-reactive ketones (excluding diaryl/α,β-unsaturated/α-hetero) is 1. The standard InChI is InChI=1S/C14H21NO/c1-9(5-6-15)14(16)13-8-11(3)10(2)7-12(13)4/h7-9H,5-6,15H2,1-4H3. The molecule has 0 bridgehead atoms. The third-order valence-electron chi connectivity index (χ3n) is 3.15. The first kappa shape index (κ1) is 12.9. The lowest BCUT2D eigenvalue weighted by atomic mass is 9.91. The van der Waals surface area contributed by atoms with Crippen LogP contribution in [0.3, 0.4) is 0 Å². The highest BCUT2D eigenvalue weighted by Crippen LogP contribution is 2.19. The molecule has 2 heteroatoms. The number of benzene rings is 1. The maximum absolute atomic E-state index is 12.2. The van der Waals surface area contributed by atoms with Crippen molar-refractivity contribution in [3.63, 3.8) is 0 Å². The van der Waals surface area contributed by atoms with Crippen molar-refractivity contribution in [3.05, 3.63) is 34.4 Å². The minimum Gasteiger partial charge on any atom is -0.330 e. The molecule has 0 aromatic heterocycles. The Bertz CT molecular complexity index is 396. The number of nitrogens with two attached hydrogens (primary N) is 1. The number of hydrogen-bond acceptors (Lipinski definition) is 2. The number of hydrogen-bond donors (Lipinski definition) is 1. The lowest BCUT2D eigenvalue weighted by molar-refractivity contribution is 0.0925. The molecule has 88 valence electrons. The number of aryl methyl sites for hydroxylation is 3. The molecular formula is C14H21NO. The highest BCUT2D eigenvalue weighted by molar-refractivity contribution is 5.99. The first-order chi connectivity index (χ1) is 7.47. The Morgan fingerprint density at radius 3 is 2.31 bits per heavy atom. The lowest BCUT2D eigenvalue weighted by Gasteiger charge is -2.13. The van der Waals surface area contributed by atoms with E-state index in [-0.39, 0.29) is 11.7 Å². The van der Waals surface area contributed by atoms with Crippen molar-refractivity contribution < 1.29 is 4.79 Å². The molecule has 0 saturated heterocycles. The average molecular weight is 219 g/mol. The highest BCUT2D eigenvalue weighted by atomic mass is 16.1. The van der Waals surface area contributed by atoms with Crippen LogP contribution in [0.4, 0.5) is 0 Å². The Labute approximate surface area is 97.9 Å². The SMILES string of the molecule is Cc1cc(C)c(C(=O)C(C)CCN)cc1C. The van der Waals surface area contributed by atoms with E-state index in [0.717, 1.165) is 17.5 Å². The summed E-state index contributed by atoms with van der Waals surface area (Å²) in [5, 5.41) is 0. The van der Waals surface area contributed by atoms with Gasteiger partial charge in [-0.15, -0.1) is 0 Å². The van der Waals surface area contributed by atoms with Crippen LogP contribution in [0.2, 0.25) is 0 Å². The van der Waals surface area contributed by atoms with Crippen LogP contribution in [0.1, 0.15) is 40.4 Å². The molecule has 1 aromatic carbocycles. The third-order valence-corrected chi connectivity index (χ3v) is 3.15. The van der Waals surface area contributed by atoms with Crippen molar-refractivity contribution >= 4 is 5.78 Å². The zero-order chi connectivity index (χ0) is 12.3. The Morgan fingerprint density at radius 1 is 1.19 bits per heavy atom. The Morgan fingerprint density at radius 2 is 1.75 bits per heavy atom. The molecule has 1 unspecified atom stereocenters. The topological polar surface area (TPSA) is 43.1 Å². The molecule has 0 radical (unpaired) electrons. The van der Waals surface area contributed by atoms with Crippen LogP contribution >= 0.6 is 0 Å². The van der Waals surface area contributed by atoms with E-state index in [1.54, 1.807) is 0 Å². The molecule has 2 nitrogen and oxygen atoms in total. The van der Waals surface area contributed by atoms with E-state index in [0.29, 0.717) is 6.54 Å². The minimum atomic E-state index is 0.0193. The Hall–Kier alpha value is -1.15. The molecule has 0 aliphatic heterocycles. The Balaban J connectivity index is 3.04. The zero-order valence-corrected chi connectivity index (χ0v) is 10.6. The summed E-state index contributed by atoms with van der Waals surface area (Å²) in [5.74, 6) is 0.233. The summed E-state index contributed by atoms with van der Waals surface area (Å²) >= 11 is 0. The fourth-order valence-corrected chi connectivity index (χ4v) is 1.87. The highest BCUT2D eigenvalue weighted by Gasteiger charge is 2.16. The van der Waals surface area contributed by atoms with Crippen LogP contribution in [-0.4, -0.2) is 12.3 Å². The van der Waals surface area contributed by atoms with Gasteiger partial charge in [0.15, 0.2) is 5.78 Å². The van der Waals surface area contributed by atoms with Gasteiger partial charge < -0.3 is 5.73 Å². The molecule has 16 heavy (non-hydrogen) atoms. The van der Waals surface area contributed by atoms with Gasteiger partial charge >= 0.3 is 0 Å². The maximum Gasteiger partial charge on any atom is 0.165 e. The zero-order valence-electron chi connectivity index (χ0n) is 10.6. The second-order valence-corrected chi connectivity index (χ2v) is 4.59. The molecule has 0 fully saturated rings.